The van der Waals surface area contributed by atoms with Crippen LogP contribution in [0, 0.1) is 22.7 Å². The van der Waals surface area contributed by atoms with E-state index in [0.717, 1.165) is 46.9 Å². The van der Waals surface area contributed by atoms with E-state index in [0.29, 0.717) is 19.1 Å². The molecule has 1 aromatic heterocycles. The number of para-hydroxylation sites is 2. The van der Waals surface area contributed by atoms with Gasteiger partial charge in [0.05, 0.1) is 5.56 Å². The van der Waals surface area contributed by atoms with E-state index in [-0.39, 0.29) is 5.41 Å². The van der Waals surface area contributed by atoms with Gasteiger partial charge in [-0.1, -0.05) is 51.1 Å². The summed E-state index contributed by atoms with van der Waals surface area (Å²) in [4.78, 5) is 6.06. The summed E-state index contributed by atoms with van der Waals surface area (Å²) in [6.45, 7) is 7.82. The Kier molecular flexibility index (Phi) is 7.15. The first-order chi connectivity index (χ1) is 16.0. The average Bonchev–Trinajstić information content (AvgIpc) is 3.18. The van der Waals surface area contributed by atoms with Gasteiger partial charge in [-0.15, -0.1) is 11.3 Å². The summed E-state index contributed by atoms with van der Waals surface area (Å²) in [5.74, 6) is 2.22. The van der Waals surface area contributed by atoms with Gasteiger partial charge in [0.2, 0.25) is 0 Å². The van der Waals surface area contributed by atoms with E-state index < -0.39 is 0 Å². The van der Waals surface area contributed by atoms with Crippen molar-refractivity contribution in [3.63, 3.8) is 0 Å². The molecule has 0 amide bonds. The van der Waals surface area contributed by atoms with E-state index in [4.69, 9.17) is 14.5 Å². The Morgan fingerprint density at radius 2 is 1.79 bits per heavy atom. The molecule has 0 N–H and O–H groups in total. The van der Waals surface area contributed by atoms with Crippen molar-refractivity contribution in [1.29, 1.82) is 5.26 Å². The molecule has 0 spiro atoms. The largest absolute Gasteiger partial charge is 0.490 e. The third kappa shape index (κ3) is 5.64. The van der Waals surface area contributed by atoms with Crippen LogP contribution in [0.1, 0.15) is 48.8 Å². The molecule has 0 aliphatic heterocycles. The van der Waals surface area contributed by atoms with Crippen molar-refractivity contribution in [3.8, 4) is 17.6 Å². The van der Waals surface area contributed by atoms with Crippen LogP contribution in [0.3, 0.4) is 0 Å². The van der Waals surface area contributed by atoms with Crippen molar-refractivity contribution in [3.05, 3.63) is 76.2 Å². The SMILES string of the molecule is CC(C)(C)[C@@H]1CCc2c(sc(N=Cc3ccccc3OCCOc3ccccc3)c2C#N)C1. The number of hydrogen-bond donors (Lipinski definition) is 0. The molecule has 5 heteroatoms. The monoisotopic (exact) mass is 458 g/mol. The fourth-order valence-corrected chi connectivity index (χ4v) is 5.41. The number of thiophene rings is 1. The molecule has 0 bridgehead atoms. The van der Waals surface area contributed by atoms with Gasteiger partial charge in [-0.3, -0.25) is 0 Å². The van der Waals surface area contributed by atoms with Gasteiger partial charge in [-0.05, 0) is 60.4 Å². The maximum atomic E-state index is 9.82. The summed E-state index contributed by atoms with van der Waals surface area (Å²) in [7, 11) is 0. The molecule has 170 valence electrons. The molecule has 1 atom stereocenters. The minimum absolute atomic E-state index is 0.276. The lowest BCUT2D eigenvalue weighted by molar-refractivity contribution is 0.217. The minimum atomic E-state index is 0.276. The summed E-state index contributed by atoms with van der Waals surface area (Å²) in [6, 6.07) is 20.0. The van der Waals surface area contributed by atoms with Crippen LogP contribution in [0.5, 0.6) is 11.5 Å². The Bertz CT molecular complexity index is 1150. The predicted molar refractivity (Wildman–Crippen MR) is 135 cm³/mol. The van der Waals surface area contributed by atoms with Gasteiger partial charge in [0, 0.05) is 16.7 Å². The highest BCUT2D eigenvalue weighted by Gasteiger charge is 2.32. The second-order valence-electron chi connectivity index (χ2n) is 9.41. The van der Waals surface area contributed by atoms with Gasteiger partial charge in [0.25, 0.3) is 0 Å². The third-order valence-electron chi connectivity index (χ3n) is 6.18. The number of fused-ring (bicyclic) bond motifs is 1. The van der Waals surface area contributed by atoms with Crippen LogP contribution < -0.4 is 9.47 Å². The zero-order valence-corrected chi connectivity index (χ0v) is 20.3. The van der Waals surface area contributed by atoms with Crippen molar-refractivity contribution in [1.82, 2.24) is 0 Å². The maximum absolute atomic E-state index is 9.82. The molecule has 4 nitrogen and oxygen atoms in total. The number of nitrogens with zero attached hydrogens (tertiary/aromatic N) is 2. The van der Waals surface area contributed by atoms with Gasteiger partial charge in [0.15, 0.2) is 0 Å². The summed E-state index contributed by atoms with van der Waals surface area (Å²) in [6.07, 6.45) is 4.95. The lowest BCUT2D eigenvalue weighted by Crippen LogP contribution is -2.26. The topological polar surface area (TPSA) is 54.6 Å². The normalized spacial score (nSPS) is 15.8. The van der Waals surface area contributed by atoms with Crippen LogP contribution in [0.15, 0.2) is 59.6 Å². The highest BCUT2D eigenvalue weighted by Crippen LogP contribution is 2.44. The summed E-state index contributed by atoms with van der Waals surface area (Å²) >= 11 is 1.67. The minimum Gasteiger partial charge on any atom is -0.490 e. The fraction of sp³-hybridized carbons (Fsp3) is 0.357. The molecule has 2 aromatic carbocycles. The Balaban J connectivity index is 1.45. The van der Waals surface area contributed by atoms with Crippen LogP contribution in [0.4, 0.5) is 5.00 Å². The lowest BCUT2D eigenvalue weighted by Gasteiger charge is -2.33. The van der Waals surface area contributed by atoms with Gasteiger partial charge in [-0.25, -0.2) is 4.99 Å². The van der Waals surface area contributed by atoms with Gasteiger partial charge < -0.3 is 9.47 Å². The van der Waals surface area contributed by atoms with E-state index in [1.807, 2.05) is 60.8 Å². The zero-order chi connectivity index (χ0) is 23.3. The van der Waals surface area contributed by atoms with Crippen molar-refractivity contribution in [2.75, 3.05) is 13.2 Å². The van der Waals surface area contributed by atoms with Crippen LogP contribution in [-0.4, -0.2) is 19.4 Å². The van der Waals surface area contributed by atoms with Crippen molar-refractivity contribution in [2.24, 2.45) is 16.3 Å². The molecular formula is C28H30N2O2S. The Morgan fingerprint density at radius 3 is 2.55 bits per heavy atom. The molecule has 0 saturated heterocycles. The van der Waals surface area contributed by atoms with Gasteiger partial charge in [0.1, 0.15) is 35.8 Å². The highest BCUT2D eigenvalue weighted by atomic mass is 32.1. The molecule has 0 fully saturated rings. The molecule has 4 rings (SSSR count). The van der Waals surface area contributed by atoms with Crippen LogP contribution in [-0.2, 0) is 12.8 Å². The first kappa shape index (κ1) is 23.1. The highest BCUT2D eigenvalue weighted by molar-refractivity contribution is 7.16. The van der Waals surface area contributed by atoms with Gasteiger partial charge >= 0.3 is 0 Å². The Labute approximate surface area is 200 Å². The Morgan fingerprint density at radius 1 is 1.06 bits per heavy atom. The number of hydrogen-bond acceptors (Lipinski definition) is 5. The lowest BCUT2D eigenvalue weighted by atomic mass is 9.72. The summed E-state index contributed by atoms with van der Waals surface area (Å²) < 4.78 is 11.7. The van der Waals surface area contributed by atoms with E-state index in [1.54, 1.807) is 11.3 Å². The first-order valence-electron chi connectivity index (χ1n) is 11.4. The molecule has 1 heterocycles. The standard InChI is InChI=1S/C28H30N2O2S/c1-28(2,3)21-13-14-23-24(18-29)27(33-26(23)17-21)30-19-20-9-7-8-12-25(20)32-16-15-31-22-10-5-4-6-11-22/h4-12,19,21H,13-17H2,1-3H3/t21-/m1/s1. The average molecular weight is 459 g/mol. The molecule has 0 unspecified atom stereocenters. The first-order valence-corrected chi connectivity index (χ1v) is 12.3. The second kappa shape index (κ2) is 10.2. The Hall–Kier alpha value is -3.10. The number of aliphatic imine (C=N–C) groups is 1. The quantitative estimate of drug-likeness (QED) is 0.283. The molecule has 0 saturated carbocycles. The maximum Gasteiger partial charge on any atom is 0.134 e. The summed E-state index contributed by atoms with van der Waals surface area (Å²) in [5, 5.41) is 10.6. The zero-order valence-electron chi connectivity index (χ0n) is 19.5. The number of ether oxygens (including phenoxy) is 2. The molecule has 1 aliphatic rings. The van der Waals surface area contributed by atoms with E-state index >= 15 is 0 Å². The number of rotatable bonds is 7. The van der Waals surface area contributed by atoms with Gasteiger partial charge in [-0.2, -0.15) is 5.26 Å². The fourth-order valence-electron chi connectivity index (χ4n) is 4.19. The van der Waals surface area contributed by atoms with Crippen molar-refractivity contribution < 1.29 is 9.47 Å². The number of benzene rings is 2. The molecule has 0 radical (unpaired) electrons. The summed E-state index contributed by atoms with van der Waals surface area (Å²) in [5.41, 5.74) is 3.12. The van der Waals surface area contributed by atoms with Crippen LogP contribution in [0.2, 0.25) is 0 Å². The molecule has 33 heavy (non-hydrogen) atoms. The predicted octanol–water partition coefficient (Wildman–Crippen LogP) is 6.98. The third-order valence-corrected chi connectivity index (χ3v) is 7.34. The van der Waals surface area contributed by atoms with E-state index in [9.17, 15) is 5.26 Å². The van der Waals surface area contributed by atoms with Crippen molar-refractivity contribution in [2.45, 2.75) is 40.0 Å². The second-order valence-corrected chi connectivity index (χ2v) is 10.5. The van der Waals surface area contributed by atoms with Crippen LogP contribution in [0.25, 0.3) is 0 Å². The molecule has 1 aliphatic carbocycles. The molecular weight excluding hydrogens is 428 g/mol. The smallest absolute Gasteiger partial charge is 0.134 e. The van der Waals surface area contributed by atoms with Crippen molar-refractivity contribution >= 4 is 22.6 Å². The molecule has 3 aromatic rings. The van der Waals surface area contributed by atoms with E-state index in [2.05, 4.69) is 26.8 Å². The number of nitriles is 1. The van der Waals surface area contributed by atoms with E-state index in [1.165, 1.54) is 10.4 Å². The van der Waals surface area contributed by atoms with Crippen LogP contribution >= 0.6 is 11.3 Å².